The quantitative estimate of drug-likeness (QED) is 0.0388. The Hall–Kier alpha value is -8.36. The van der Waals surface area contributed by atoms with E-state index in [1.807, 2.05) is 28.8 Å². The van der Waals surface area contributed by atoms with Crippen molar-refractivity contribution in [1.29, 1.82) is 5.53 Å². The summed E-state index contributed by atoms with van der Waals surface area (Å²) in [6.07, 6.45) is 6.78. The number of rotatable bonds is 9. The molecule has 3 aromatic heterocycles. The molecule has 2 atom stereocenters. The molecule has 1 saturated heterocycles. The molecule has 4 heterocycles. The first-order valence-electron chi connectivity index (χ1n) is 18.1. The normalized spacial score (nSPS) is 12.7. The Morgan fingerprint density at radius 2 is 1.45 bits per heavy atom. The molecule has 1 aliphatic rings. The lowest BCUT2D eigenvalue weighted by Gasteiger charge is -2.35. The standard InChI is InChI=1S/C23H27N5O3S.C23H4.H3N5O3S.11H2/c1-14-9-26(10-15(2)31-14)12-19-16(3)20-21-24-13-25-28(21)23(29)27(22(20)32-19)11-17-5-7-18(30-4)8-6-17;1-3-5-7-9-11-13-15-17-19-21-23-22-20-18-16-14-12-10-8-6-4-2;1-2-3-4-5(7-6)8-9;;;;;;;;;;;/h5-8,13-15H,9-12H2,1-4H3;1H,2H3;1,6,9H;11*1H/b;;2-1?,4-3+;;;;;;;;;;;/t14-,15+;;;;;;;;;;;;;. The number of aromatic nitrogens is 4. The van der Waals surface area contributed by atoms with E-state index in [2.05, 4.69) is 198 Å². The highest BCUT2D eigenvalue weighted by Gasteiger charge is 2.25. The van der Waals surface area contributed by atoms with Crippen molar-refractivity contribution < 1.29 is 39.7 Å². The third-order valence-corrected chi connectivity index (χ3v) is 9.08. The van der Waals surface area contributed by atoms with Gasteiger partial charge < -0.3 is 9.47 Å². The van der Waals surface area contributed by atoms with Gasteiger partial charge in [0.1, 0.15) is 16.9 Å². The Bertz CT molecular complexity index is 3140. The summed E-state index contributed by atoms with van der Waals surface area (Å²) in [7, 11) is 1.65. The van der Waals surface area contributed by atoms with E-state index in [9.17, 15) is 4.79 Å². The zero-order chi connectivity index (χ0) is 46.4. The summed E-state index contributed by atoms with van der Waals surface area (Å²) in [6.45, 7) is 11.1. The number of hydrogen-bond acceptors (Lipinski definition) is 13. The van der Waals surface area contributed by atoms with Crippen LogP contribution in [0.3, 0.4) is 0 Å². The molecule has 0 spiro atoms. The van der Waals surface area contributed by atoms with E-state index < -0.39 is 0 Å². The minimum Gasteiger partial charge on any atom is -0.497 e. The van der Waals surface area contributed by atoms with Crippen LogP contribution < -0.4 is 10.4 Å². The second-order valence-electron chi connectivity index (χ2n) is 11.9. The molecule has 0 saturated carbocycles. The molecule has 0 bridgehead atoms. The summed E-state index contributed by atoms with van der Waals surface area (Å²) in [5, 5.41) is 21.0. The fourth-order valence-corrected chi connectivity index (χ4v) is 6.70. The molecule has 18 heteroatoms. The van der Waals surface area contributed by atoms with Crippen molar-refractivity contribution in [3.05, 3.63) is 57.1 Å². The van der Waals surface area contributed by atoms with Crippen LogP contribution in [0.15, 0.2) is 51.1 Å². The van der Waals surface area contributed by atoms with Crippen molar-refractivity contribution in [2.75, 3.05) is 20.2 Å². The van der Waals surface area contributed by atoms with Crippen LogP contribution in [0.1, 0.15) is 52.5 Å². The highest BCUT2D eigenvalue weighted by atomic mass is 32.1. The Morgan fingerprint density at radius 1 is 0.922 bits per heavy atom. The van der Waals surface area contributed by atoms with Gasteiger partial charge in [-0.3, -0.25) is 9.47 Å². The number of terminal acetylenes is 1. The SMILES string of the molecule is C#CC#CC#CC#CC#CC#CC#CC#CC#CC#CC#CC.COc1ccc(Cn2c(=O)n3ncnc3c3c(C)c(CN4C[C@@H](C)O[C@@H](C)C4)sc32)cc1.N=N/N=N/N(OO)OS.[HH].[HH].[HH].[HH].[HH].[HH].[HH].[HH].[HH].[HH].[HH]. The van der Waals surface area contributed by atoms with Crippen molar-refractivity contribution in [2.45, 2.75) is 53.0 Å². The summed E-state index contributed by atoms with van der Waals surface area (Å²) in [4.78, 5) is 25.7. The molecule has 2 N–H and O–H groups in total. The molecule has 4 aromatic rings. The second-order valence-corrected chi connectivity index (χ2v) is 13.2. The zero-order valence-electron chi connectivity index (χ0n) is 34.8. The average Bonchev–Trinajstić information content (AvgIpc) is 3.91. The van der Waals surface area contributed by atoms with Gasteiger partial charge in [0.2, 0.25) is 0 Å². The second kappa shape index (κ2) is 29.0. The first kappa shape index (κ1) is 50.0. The minimum atomic E-state index is -0.178. The van der Waals surface area contributed by atoms with Gasteiger partial charge in [0.15, 0.2) is 5.65 Å². The van der Waals surface area contributed by atoms with Gasteiger partial charge in [-0.1, -0.05) is 23.0 Å². The van der Waals surface area contributed by atoms with Crippen LogP contribution in [0, 0.1) is 143 Å². The number of benzene rings is 1. The van der Waals surface area contributed by atoms with Gasteiger partial charge in [0.05, 0.1) is 31.2 Å². The lowest BCUT2D eigenvalue weighted by atomic mass is 10.1. The van der Waals surface area contributed by atoms with Gasteiger partial charge in [0, 0.05) is 87.4 Å². The van der Waals surface area contributed by atoms with E-state index in [0.29, 0.717) is 12.2 Å². The van der Waals surface area contributed by atoms with E-state index in [1.54, 1.807) is 25.4 Å². The maximum absolute atomic E-state index is 13.3. The summed E-state index contributed by atoms with van der Waals surface area (Å²) in [5.41, 5.74) is 8.70. The van der Waals surface area contributed by atoms with E-state index in [-0.39, 0.29) is 38.9 Å². The van der Waals surface area contributed by atoms with Crippen LogP contribution >= 0.6 is 24.2 Å². The lowest BCUT2D eigenvalue weighted by Crippen LogP contribution is -2.44. The Morgan fingerprint density at radius 3 is 1.92 bits per heavy atom. The first-order chi connectivity index (χ1) is 31.2. The maximum Gasteiger partial charge on any atom is 0.352 e. The monoisotopic (exact) mass is 908 g/mol. The van der Waals surface area contributed by atoms with E-state index in [4.69, 9.17) is 26.7 Å². The summed E-state index contributed by atoms with van der Waals surface area (Å²) < 4.78 is 18.2. The van der Waals surface area contributed by atoms with Gasteiger partial charge in [-0.2, -0.15) is 19.4 Å². The van der Waals surface area contributed by atoms with Crippen LogP contribution in [-0.2, 0) is 27.1 Å². The molecule has 0 unspecified atom stereocenters. The number of nitrogens with zero attached hydrogens (tertiary/aromatic N) is 9. The number of morpholine rings is 1. The predicted octanol–water partition coefficient (Wildman–Crippen LogP) is 7.24. The fraction of sp³-hybridized carbons (Fsp3) is 0.239. The Balaban J connectivity index is -0.000000130. The molecule has 0 aliphatic carbocycles. The highest BCUT2D eigenvalue weighted by Crippen LogP contribution is 2.34. The molecule has 0 amide bonds. The molecule has 338 valence electrons. The number of ether oxygens (including phenoxy) is 2. The van der Waals surface area contributed by atoms with Gasteiger partial charge in [-0.15, -0.1) is 17.8 Å². The summed E-state index contributed by atoms with van der Waals surface area (Å²) >= 11 is 4.83. The van der Waals surface area contributed by atoms with Crippen LogP contribution in [0.5, 0.6) is 5.75 Å². The van der Waals surface area contributed by atoms with Gasteiger partial charge in [-0.05, 0) is 156 Å². The number of thiophene rings is 1. The molecule has 1 fully saturated rings. The predicted molar refractivity (Wildman–Crippen MR) is 266 cm³/mol. The van der Waals surface area contributed by atoms with Gasteiger partial charge in [-0.25, -0.2) is 15.0 Å². The smallest absolute Gasteiger partial charge is 0.352 e. The first-order valence-corrected chi connectivity index (χ1v) is 19.3. The molecule has 1 aliphatic heterocycles. The number of nitrogens with one attached hydrogen (secondary N) is 1. The largest absolute Gasteiger partial charge is 0.497 e. The molecule has 0 radical (unpaired) electrons. The Kier molecular flexibility index (Phi) is 22.6. The fourth-order valence-electron chi connectivity index (χ4n) is 5.30. The van der Waals surface area contributed by atoms with Crippen LogP contribution in [-0.4, -0.2) is 67.1 Å². The lowest BCUT2D eigenvalue weighted by molar-refractivity contribution is -0.478. The number of methoxy groups -OCH3 is 1. The van der Waals surface area contributed by atoms with Crippen molar-refractivity contribution in [3.8, 4) is 137 Å². The molecule has 16 nitrogen and oxygen atoms in total. The molecular weight excluding hydrogens is 853 g/mol. The van der Waals surface area contributed by atoms with Gasteiger partial charge >= 0.3 is 5.69 Å². The van der Waals surface area contributed by atoms with E-state index >= 15 is 0 Å². The molecular formula is C46H56N10O6S2. The van der Waals surface area contributed by atoms with E-state index in [1.165, 1.54) is 21.3 Å². The van der Waals surface area contributed by atoms with Crippen molar-refractivity contribution in [3.63, 3.8) is 0 Å². The highest BCUT2D eigenvalue weighted by molar-refractivity contribution is 7.75. The maximum atomic E-state index is 13.3. The minimum absolute atomic E-state index is 0. The number of aryl methyl sites for hydroxylation is 1. The molecule has 64 heavy (non-hydrogen) atoms. The van der Waals surface area contributed by atoms with Crippen molar-refractivity contribution in [1.82, 2.24) is 29.4 Å². The molecule has 5 rings (SSSR count). The van der Waals surface area contributed by atoms with Crippen LogP contribution in [0.2, 0.25) is 0 Å². The number of thiol groups is 1. The third-order valence-electron chi connectivity index (χ3n) is 7.64. The third kappa shape index (κ3) is 17.0. The van der Waals surface area contributed by atoms with E-state index in [0.717, 1.165) is 41.2 Å². The number of hydrogen-bond donors (Lipinski definition) is 3. The van der Waals surface area contributed by atoms with Crippen molar-refractivity contribution in [2.24, 2.45) is 15.7 Å². The average molecular weight is 909 g/mol. The summed E-state index contributed by atoms with van der Waals surface area (Å²) in [6, 6.07) is 7.80. The van der Waals surface area contributed by atoms with Crippen molar-refractivity contribution >= 4 is 40.1 Å². The zero-order valence-corrected chi connectivity index (χ0v) is 36.5. The Labute approximate surface area is 396 Å². The van der Waals surface area contributed by atoms with Crippen LogP contribution in [0.25, 0.3) is 15.9 Å². The molecule has 1 aromatic carbocycles. The topological polar surface area (TPSA) is 177 Å². The van der Waals surface area contributed by atoms with Crippen LogP contribution in [0.4, 0.5) is 0 Å². The van der Waals surface area contributed by atoms with Gasteiger partial charge in [0.25, 0.3) is 0 Å². The number of fused-ring (bicyclic) bond motifs is 3. The summed E-state index contributed by atoms with van der Waals surface area (Å²) in [5.74, 6) is 52.7.